The second-order valence-electron chi connectivity index (χ2n) is 7.99. The van der Waals surface area contributed by atoms with Gasteiger partial charge in [-0.3, -0.25) is 9.80 Å². The van der Waals surface area contributed by atoms with Crippen LogP contribution in [0.5, 0.6) is 0 Å². The van der Waals surface area contributed by atoms with E-state index in [0.29, 0.717) is 12.1 Å². The molecule has 0 radical (unpaired) electrons. The number of aliphatic hydroxyl groups is 1. The zero-order valence-electron chi connectivity index (χ0n) is 15.5. The molecule has 5 nitrogen and oxygen atoms in total. The summed E-state index contributed by atoms with van der Waals surface area (Å²) in [5, 5.41) is 9.95. The normalized spacial score (nSPS) is 31.3. The Morgan fingerprint density at radius 1 is 1.16 bits per heavy atom. The molecule has 1 N–H and O–H groups in total. The van der Waals surface area contributed by atoms with E-state index < -0.39 is 0 Å². The van der Waals surface area contributed by atoms with Crippen molar-refractivity contribution in [3.63, 3.8) is 0 Å². The van der Waals surface area contributed by atoms with Crippen LogP contribution >= 0.6 is 0 Å². The number of aryl methyl sites for hydroxylation is 1. The molecule has 138 valence electrons. The quantitative estimate of drug-likeness (QED) is 0.898. The van der Waals surface area contributed by atoms with Crippen molar-refractivity contribution in [3.8, 4) is 0 Å². The van der Waals surface area contributed by atoms with E-state index in [2.05, 4.69) is 46.7 Å². The molecule has 4 rings (SSSR count). The summed E-state index contributed by atoms with van der Waals surface area (Å²) in [5.74, 6) is 0. The highest BCUT2D eigenvalue weighted by Gasteiger charge is 2.38. The maximum atomic E-state index is 9.95. The Morgan fingerprint density at radius 3 is 2.72 bits per heavy atom. The van der Waals surface area contributed by atoms with Crippen molar-refractivity contribution in [2.45, 2.75) is 45.0 Å². The zero-order chi connectivity index (χ0) is 17.4. The molecule has 3 saturated heterocycles. The first-order valence-electron chi connectivity index (χ1n) is 9.68. The molecule has 3 aliphatic rings. The van der Waals surface area contributed by atoms with E-state index in [1.165, 1.54) is 16.8 Å². The summed E-state index contributed by atoms with van der Waals surface area (Å²) in [6.45, 7) is 12.2. The number of hydrogen-bond acceptors (Lipinski definition) is 5. The molecule has 25 heavy (non-hydrogen) atoms. The Morgan fingerprint density at radius 2 is 1.96 bits per heavy atom. The number of hydrogen-bond donors (Lipinski definition) is 1. The number of nitrogens with zero attached hydrogens (tertiary/aromatic N) is 3. The third-order valence-corrected chi connectivity index (χ3v) is 6.15. The fourth-order valence-electron chi connectivity index (χ4n) is 4.59. The van der Waals surface area contributed by atoms with Crippen LogP contribution < -0.4 is 4.90 Å². The fourth-order valence-corrected chi connectivity index (χ4v) is 4.59. The lowest BCUT2D eigenvalue weighted by Gasteiger charge is -2.42. The van der Waals surface area contributed by atoms with Crippen LogP contribution in [0.3, 0.4) is 0 Å². The minimum Gasteiger partial charge on any atom is -0.392 e. The van der Waals surface area contributed by atoms with E-state index in [1.54, 1.807) is 0 Å². The van der Waals surface area contributed by atoms with Crippen LogP contribution in [0.4, 0.5) is 5.69 Å². The van der Waals surface area contributed by atoms with Gasteiger partial charge in [-0.2, -0.15) is 0 Å². The lowest BCUT2D eigenvalue weighted by molar-refractivity contribution is 0.0527. The molecule has 3 aliphatic heterocycles. The summed E-state index contributed by atoms with van der Waals surface area (Å²) in [5.41, 5.74) is 4.13. The Labute approximate surface area is 151 Å². The summed E-state index contributed by atoms with van der Waals surface area (Å²) in [4.78, 5) is 7.48. The van der Waals surface area contributed by atoms with Gasteiger partial charge in [-0.05, 0) is 43.5 Å². The maximum absolute atomic E-state index is 9.95. The standard InChI is InChI=1S/C20H31N3O2/c1-15-9-18(21-5-7-25-8-6-21)4-3-17(15)12-22-13-19-10-20(24)14-23(19)11-16(22)2/h3-4,9,16,19-20,24H,5-8,10-14H2,1-2H3/t16-,19?,20-/m1/s1. The van der Waals surface area contributed by atoms with Crippen LogP contribution in [0.15, 0.2) is 18.2 Å². The fraction of sp³-hybridized carbons (Fsp3) is 0.700. The summed E-state index contributed by atoms with van der Waals surface area (Å²) in [7, 11) is 0. The Balaban J connectivity index is 1.43. The number of benzene rings is 1. The molecular formula is C20H31N3O2. The summed E-state index contributed by atoms with van der Waals surface area (Å²) >= 11 is 0. The predicted octanol–water partition coefficient (Wildman–Crippen LogP) is 1.47. The van der Waals surface area contributed by atoms with Gasteiger partial charge >= 0.3 is 0 Å². The zero-order valence-corrected chi connectivity index (χ0v) is 15.5. The molecule has 1 aromatic carbocycles. The van der Waals surface area contributed by atoms with E-state index in [9.17, 15) is 5.11 Å². The third kappa shape index (κ3) is 3.70. The SMILES string of the molecule is Cc1cc(N2CCOCC2)ccc1CN1CC2C[C@@H](O)CN2C[C@H]1C. The molecule has 0 aromatic heterocycles. The Kier molecular flexibility index (Phi) is 5.00. The van der Waals surface area contributed by atoms with Crippen LogP contribution in [-0.4, -0.2) is 79.0 Å². The molecular weight excluding hydrogens is 314 g/mol. The number of fused-ring (bicyclic) bond motifs is 1. The molecule has 1 unspecified atom stereocenters. The molecule has 0 amide bonds. The predicted molar refractivity (Wildman–Crippen MR) is 100 cm³/mol. The van der Waals surface area contributed by atoms with Gasteiger partial charge in [0, 0.05) is 57.0 Å². The molecule has 5 heteroatoms. The van der Waals surface area contributed by atoms with Crippen LogP contribution in [0.2, 0.25) is 0 Å². The lowest BCUT2D eigenvalue weighted by Crippen LogP contribution is -2.54. The summed E-state index contributed by atoms with van der Waals surface area (Å²) in [6, 6.07) is 7.98. The first-order chi connectivity index (χ1) is 12.1. The minimum atomic E-state index is -0.133. The maximum Gasteiger partial charge on any atom is 0.0682 e. The van der Waals surface area contributed by atoms with E-state index in [4.69, 9.17) is 4.74 Å². The van der Waals surface area contributed by atoms with Crippen LogP contribution in [0.1, 0.15) is 24.5 Å². The van der Waals surface area contributed by atoms with Crippen molar-refractivity contribution in [1.29, 1.82) is 0 Å². The van der Waals surface area contributed by atoms with Crippen molar-refractivity contribution >= 4 is 5.69 Å². The molecule has 3 fully saturated rings. The Bertz CT molecular complexity index is 603. The first-order valence-corrected chi connectivity index (χ1v) is 9.68. The van der Waals surface area contributed by atoms with Gasteiger partial charge in [0.2, 0.25) is 0 Å². The average molecular weight is 345 g/mol. The van der Waals surface area contributed by atoms with Gasteiger partial charge in [-0.1, -0.05) is 6.07 Å². The second-order valence-corrected chi connectivity index (χ2v) is 7.99. The minimum absolute atomic E-state index is 0.133. The topological polar surface area (TPSA) is 39.2 Å². The van der Waals surface area contributed by atoms with E-state index in [1.807, 2.05) is 0 Å². The number of piperazine rings is 1. The van der Waals surface area contributed by atoms with Crippen molar-refractivity contribution in [2.75, 3.05) is 50.8 Å². The third-order valence-electron chi connectivity index (χ3n) is 6.15. The number of ether oxygens (including phenoxy) is 1. The van der Waals surface area contributed by atoms with E-state index in [0.717, 1.165) is 58.9 Å². The molecule has 0 saturated carbocycles. The van der Waals surface area contributed by atoms with Crippen molar-refractivity contribution in [3.05, 3.63) is 29.3 Å². The van der Waals surface area contributed by atoms with E-state index >= 15 is 0 Å². The molecule has 0 spiro atoms. The van der Waals surface area contributed by atoms with Gasteiger partial charge in [-0.25, -0.2) is 0 Å². The van der Waals surface area contributed by atoms with E-state index in [-0.39, 0.29) is 6.10 Å². The summed E-state index contributed by atoms with van der Waals surface area (Å²) < 4.78 is 5.46. The van der Waals surface area contributed by atoms with Crippen LogP contribution in [-0.2, 0) is 11.3 Å². The highest BCUT2D eigenvalue weighted by atomic mass is 16.5. The van der Waals surface area contributed by atoms with Crippen LogP contribution in [0.25, 0.3) is 0 Å². The van der Waals surface area contributed by atoms with Crippen LogP contribution in [0, 0.1) is 6.92 Å². The van der Waals surface area contributed by atoms with Crippen molar-refractivity contribution in [2.24, 2.45) is 0 Å². The van der Waals surface area contributed by atoms with Gasteiger partial charge in [0.15, 0.2) is 0 Å². The van der Waals surface area contributed by atoms with Gasteiger partial charge in [-0.15, -0.1) is 0 Å². The molecule has 3 atom stereocenters. The highest BCUT2D eigenvalue weighted by molar-refractivity contribution is 5.51. The number of morpholine rings is 1. The number of aliphatic hydroxyl groups excluding tert-OH is 1. The summed E-state index contributed by atoms with van der Waals surface area (Å²) in [6.07, 6.45) is 0.796. The number of anilines is 1. The van der Waals surface area contributed by atoms with Gasteiger partial charge in [0.25, 0.3) is 0 Å². The smallest absolute Gasteiger partial charge is 0.0682 e. The molecule has 1 aromatic rings. The Hall–Kier alpha value is -1.14. The first kappa shape index (κ1) is 17.3. The van der Waals surface area contributed by atoms with Gasteiger partial charge < -0.3 is 14.7 Å². The number of rotatable bonds is 3. The highest BCUT2D eigenvalue weighted by Crippen LogP contribution is 2.27. The van der Waals surface area contributed by atoms with Crippen molar-refractivity contribution in [1.82, 2.24) is 9.80 Å². The van der Waals surface area contributed by atoms with Gasteiger partial charge in [0.05, 0.1) is 19.3 Å². The lowest BCUT2D eigenvalue weighted by atomic mass is 10.0. The second kappa shape index (κ2) is 7.23. The average Bonchev–Trinajstić information content (AvgIpc) is 2.96. The molecule has 0 bridgehead atoms. The molecule has 0 aliphatic carbocycles. The molecule has 3 heterocycles. The largest absolute Gasteiger partial charge is 0.392 e. The van der Waals surface area contributed by atoms with Crippen molar-refractivity contribution < 1.29 is 9.84 Å². The monoisotopic (exact) mass is 345 g/mol. The van der Waals surface area contributed by atoms with Gasteiger partial charge in [0.1, 0.15) is 0 Å².